The number of benzene rings is 2. The van der Waals surface area contributed by atoms with Gasteiger partial charge < -0.3 is 24.8 Å². The van der Waals surface area contributed by atoms with Crippen LogP contribution in [-0.4, -0.2) is 29.2 Å². The number of rotatable bonds is 4. The Morgan fingerprint density at radius 1 is 0.889 bits per heavy atom. The SMILES string of the molecule is O=C(Nc1cnc(Oc2ccccc2)nc1)Nc1ccc2c(c1)OCCO2. The van der Waals surface area contributed by atoms with Gasteiger partial charge in [0.1, 0.15) is 19.0 Å². The van der Waals surface area contributed by atoms with Gasteiger partial charge in [0, 0.05) is 11.8 Å². The average Bonchev–Trinajstić information content (AvgIpc) is 2.70. The molecule has 1 aromatic heterocycles. The van der Waals surface area contributed by atoms with Crippen molar-refractivity contribution in [3.63, 3.8) is 0 Å². The Labute approximate surface area is 155 Å². The van der Waals surface area contributed by atoms with Gasteiger partial charge >= 0.3 is 12.0 Å². The number of urea groups is 1. The number of nitrogens with zero attached hydrogens (tertiary/aromatic N) is 2. The van der Waals surface area contributed by atoms with Gasteiger partial charge in [-0.3, -0.25) is 0 Å². The zero-order valence-electron chi connectivity index (χ0n) is 14.2. The summed E-state index contributed by atoms with van der Waals surface area (Å²) in [4.78, 5) is 20.3. The quantitative estimate of drug-likeness (QED) is 0.733. The van der Waals surface area contributed by atoms with Crippen LogP contribution in [0.3, 0.4) is 0 Å². The molecule has 0 spiro atoms. The van der Waals surface area contributed by atoms with Crippen LogP contribution >= 0.6 is 0 Å². The molecule has 2 aromatic carbocycles. The lowest BCUT2D eigenvalue weighted by atomic mass is 10.2. The molecule has 0 saturated carbocycles. The summed E-state index contributed by atoms with van der Waals surface area (Å²) in [5.41, 5.74) is 1.02. The Bertz CT molecular complexity index is 932. The van der Waals surface area contributed by atoms with E-state index >= 15 is 0 Å². The minimum absolute atomic E-state index is 0.194. The van der Waals surface area contributed by atoms with Gasteiger partial charge in [-0.15, -0.1) is 0 Å². The summed E-state index contributed by atoms with van der Waals surface area (Å²) in [5.74, 6) is 1.90. The van der Waals surface area contributed by atoms with Crippen molar-refractivity contribution in [1.29, 1.82) is 0 Å². The first kappa shape index (κ1) is 16.6. The maximum absolute atomic E-state index is 12.1. The second-order valence-electron chi connectivity index (χ2n) is 5.61. The number of anilines is 2. The molecule has 0 fully saturated rings. The van der Waals surface area contributed by atoms with Crippen molar-refractivity contribution in [3.8, 4) is 23.3 Å². The molecule has 2 amide bonds. The number of nitrogens with one attached hydrogen (secondary N) is 2. The molecular formula is C19H16N4O4. The lowest BCUT2D eigenvalue weighted by Gasteiger charge is -2.19. The van der Waals surface area contributed by atoms with Crippen molar-refractivity contribution in [2.45, 2.75) is 0 Å². The van der Waals surface area contributed by atoms with Crippen molar-refractivity contribution >= 4 is 17.4 Å². The first-order valence-corrected chi connectivity index (χ1v) is 8.29. The smallest absolute Gasteiger partial charge is 0.323 e. The van der Waals surface area contributed by atoms with Crippen LogP contribution in [0.4, 0.5) is 16.2 Å². The standard InChI is InChI=1S/C19H16N4O4/c24-18(22-13-6-7-16-17(10-13)26-9-8-25-16)23-14-11-20-19(21-12-14)27-15-4-2-1-3-5-15/h1-7,10-12H,8-9H2,(H2,22,23,24). The highest BCUT2D eigenvalue weighted by Crippen LogP contribution is 2.32. The number of aromatic nitrogens is 2. The third kappa shape index (κ3) is 4.24. The monoisotopic (exact) mass is 364 g/mol. The fourth-order valence-electron chi connectivity index (χ4n) is 2.44. The number of hydrogen-bond donors (Lipinski definition) is 2. The molecule has 27 heavy (non-hydrogen) atoms. The van der Waals surface area contributed by atoms with Crippen LogP contribution in [-0.2, 0) is 0 Å². The first-order chi connectivity index (χ1) is 13.3. The minimum atomic E-state index is -0.424. The van der Waals surface area contributed by atoms with E-state index in [4.69, 9.17) is 14.2 Å². The summed E-state index contributed by atoms with van der Waals surface area (Å²) < 4.78 is 16.5. The molecule has 0 bridgehead atoms. The molecule has 2 N–H and O–H groups in total. The van der Waals surface area contributed by atoms with Crippen molar-refractivity contribution in [3.05, 3.63) is 60.9 Å². The van der Waals surface area contributed by atoms with Gasteiger partial charge in [-0.25, -0.2) is 14.8 Å². The lowest BCUT2D eigenvalue weighted by Crippen LogP contribution is -2.20. The van der Waals surface area contributed by atoms with Gasteiger partial charge in [0.25, 0.3) is 0 Å². The van der Waals surface area contributed by atoms with E-state index in [1.165, 1.54) is 12.4 Å². The molecule has 2 heterocycles. The van der Waals surface area contributed by atoms with E-state index < -0.39 is 6.03 Å². The minimum Gasteiger partial charge on any atom is -0.486 e. The Balaban J connectivity index is 1.35. The molecule has 136 valence electrons. The molecule has 0 atom stereocenters. The van der Waals surface area contributed by atoms with E-state index in [0.29, 0.717) is 41.8 Å². The van der Waals surface area contributed by atoms with Crippen LogP contribution in [0.1, 0.15) is 0 Å². The summed E-state index contributed by atoms with van der Waals surface area (Å²) in [7, 11) is 0. The van der Waals surface area contributed by atoms with Crippen molar-refractivity contribution < 1.29 is 19.0 Å². The predicted octanol–water partition coefficient (Wildman–Crippen LogP) is 3.68. The second kappa shape index (κ2) is 7.61. The molecule has 8 nitrogen and oxygen atoms in total. The Kier molecular flexibility index (Phi) is 4.69. The van der Waals surface area contributed by atoms with Crippen LogP contribution in [0.15, 0.2) is 60.9 Å². The molecule has 0 unspecified atom stereocenters. The molecule has 0 aliphatic carbocycles. The van der Waals surface area contributed by atoms with E-state index in [2.05, 4.69) is 20.6 Å². The van der Waals surface area contributed by atoms with Crippen LogP contribution < -0.4 is 24.8 Å². The zero-order chi connectivity index (χ0) is 18.5. The predicted molar refractivity (Wildman–Crippen MR) is 98.6 cm³/mol. The molecule has 0 radical (unpaired) electrons. The van der Waals surface area contributed by atoms with E-state index in [0.717, 1.165) is 0 Å². The normalized spacial score (nSPS) is 12.1. The maximum atomic E-state index is 12.1. The number of carbonyl (C=O) groups excluding carboxylic acids is 1. The van der Waals surface area contributed by atoms with Crippen molar-refractivity contribution in [1.82, 2.24) is 9.97 Å². The Hall–Kier alpha value is -3.81. The maximum Gasteiger partial charge on any atom is 0.323 e. The third-order valence-corrected chi connectivity index (χ3v) is 3.64. The van der Waals surface area contributed by atoms with Crippen LogP contribution in [0, 0.1) is 0 Å². The topological polar surface area (TPSA) is 94.6 Å². The van der Waals surface area contributed by atoms with Crippen LogP contribution in [0.2, 0.25) is 0 Å². The first-order valence-electron chi connectivity index (χ1n) is 8.29. The van der Waals surface area contributed by atoms with Gasteiger partial charge in [0.2, 0.25) is 0 Å². The summed E-state index contributed by atoms with van der Waals surface area (Å²) in [5, 5.41) is 5.38. The zero-order valence-corrected chi connectivity index (χ0v) is 14.2. The largest absolute Gasteiger partial charge is 0.486 e. The molecule has 1 aliphatic heterocycles. The number of carbonyl (C=O) groups is 1. The van der Waals surface area contributed by atoms with Gasteiger partial charge in [-0.2, -0.15) is 0 Å². The summed E-state index contributed by atoms with van der Waals surface area (Å²) in [6, 6.07) is 14.2. The number of para-hydroxylation sites is 1. The highest BCUT2D eigenvalue weighted by Gasteiger charge is 2.13. The van der Waals surface area contributed by atoms with Gasteiger partial charge in [0.05, 0.1) is 18.1 Å². The number of ether oxygens (including phenoxy) is 3. The number of hydrogen-bond acceptors (Lipinski definition) is 6. The summed E-state index contributed by atoms with van der Waals surface area (Å²) >= 11 is 0. The highest BCUT2D eigenvalue weighted by molar-refractivity contribution is 5.99. The molecule has 1 aliphatic rings. The fourth-order valence-corrected chi connectivity index (χ4v) is 2.44. The van der Waals surface area contributed by atoms with E-state index in [1.807, 2.05) is 18.2 Å². The lowest BCUT2D eigenvalue weighted by molar-refractivity contribution is 0.171. The summed E-state index contributed by atoms with van der Waals surface area (Å²) in [6.45, 7) is 1.00. The van der Waals surface area contributed by atoms with Gasteiger partial charge in [-0.05, 0) is 24.3 Å². The Morgan fingerprint density at radius 2 is 1.59 bits per heavy atom. The van der Waals surface area contributed by atoms with E-state index in [1.54, 1.807) is 30.3 Å². The number of fused-ring (bicyclic) bond motifs is 1. The highest BCUT2D eigenvalue weighted by atomic mass is 16.6. The van der Waals surface area contributed by atoms with Gasteiger partial charge in [0.15, 0.2) is 11.5 Å². The van der Waals surface area contributed by atoms with Crippen LogP contribution in [0.25, 0.3) is 0 Å². The molecule has 4 rings (SSSR count). The number of amides is 2. The van der Waals surface area contributed by atoms with E-state index in [9.17, 15) is 4.79 Å². The molecular weight excluding hydrogens is 348 g/mol. The fraction of sp³-hybridized carbons (Fsp3) is 0.105. The van der Waals surface area contributed by atoms with Gasteiger partial charge in [-0.1, -0.05) is 18.2 Å². The summed E-state index contributed by atoms with van der Waals surface area (Å²) in [6.07, 6.45) is 2.93. The van der Waals surface area contributed by atoms with E-state index in [-0.39, 0.29) is 6.01 Å². The average molecular weight is 364 g/mol. The van der Waals surface area contributed by atoms with Crippen molar-refractivity contribution in [2.75, 3.05) is 23.8 Å². The molecule has 3 aromatic rings. The molecule has 0 saturated heterocycles. The van der Waals surface area contributed by atoms with Crippen LogP contribution in [0.5, 0.6) is 23.3 Å². The van der Waals surface area contributed by atoms with Crippen molar-refractivity contribution in [2.24, 2.45) is 0 Å². The second-order valence-corrected chi connectivity index (χ2v) is 5.61. The Morgan fingerprint density at radius 3 is 2.37 bits per heavy atom. The third-order valence-electron chi connectivity index (χ3n) is 3.64. The molecule has 8 heteroatoms.